The van der Waals surface area contributed by atoms with Crippen molar-refractivity contribution in [3.05, 3.63) is 52.0 Å². The van der Waals surface area contributed by atoms with E-state index in [1.54, 1.807) is 24.0 Å². The third-order valence-electron chi connectivity index (χ3n) is 4.11. The minimum atomic E-state index is -0.416. The summed E-state index contributed by atoms with van der Waals surface area (Å²) in [6.07, 6.45) is 1.69. The van der Waals surface area contributed by atoms with E-state index in [1.807, 2.05) is 32.1 Å². The van der Waals surface area contributed by atoms with Gasteiger partial charge in [-0.3, -0.25) is 10.1 Å². The third-order valence-corrected chi connectivity index (χ3v) is 5.42. The predicted molar refractivity (Wildman–Crippen MR) is 106 cm³/mol. The summed E-state index contributed by atoms with van der Waals surface area (Å²) in [6, 6.07) is 6.56. The van der Waals surface area contributed by atoms with Crippen molar-refractivity contribution in [1.82, 2.24) is 14.9 Å². The van der Waals surface area contributed by atoms with E-state index in [4.69, 9.17) is 0 Å². The quantitative estimate of drug-likeness (QED) is 0.630. The Morgan fingerprint density at radius 2 is 2.12 bits per heavy atom. The fourth-order valence-electron chi connectivity index (χ4n) is 2.59. The molecule has 3 rings (SSSR count). The maximum Gasteiger partial charge on any atom is 0.271 e. The topological polar surface area (TPSA) is 87.4 Å². The van der Waals surface area contributed by atoms with E-state index < -0.39 is 4.92 Å². The van der Waals surface area contributed by atoms with Gasteiger partial charge in [-0.1, -0.05) is 0 Å². The van der Waals surface area contributed by atoms with Crippen LogP contribution in [-0.4, -0.2) is 46.8 Å². The number of rotatable bonds is 5. The van der Waals surface area contributed by atoms with Gasteiger partial charge in [-0.25, -0.2) is 9.97 Å². The number of thioether (sulfide) groups is 1. The van der Waals surface area contributed by atoms with Gasteiger partial charge < -0.3 is 15.1 Å². The SMILES string of the molecule is CC1=C(c2ccnc(Nc3cc([N+](=O)[O-])ccc3N(C)C)n2)SCN1C. The number of anilines is 3. The molecule has 0 saturated carbocycles. The largest absolute Gasteiger partial charge is 0.376 e. The average Bonchev–Trinajstić information content (AvgIpc) is 2.94. The molecule has 0 amide bonds. The minimum absolute atomic E-state index is 0.0146. The zero-order valence-electron chi connectivity index (χ0n) is 15.1. The van der Waals surface area contributed by atoms with Crippen molar-refractivity contribution in [1.29, 1.82) is 0 Å². The first kappa shape index (κ1) is 18.0. The average molecular weight is 372 g/mol. The number of nitrogens with one attached hydrogen (secondary N) is 1. The van der Waals surface area contributed by atoms with Crippen LogP contribution in [0.4, 0.5) is 23.0 Å². The Balaban J connectivity index is 1.96. The van der Waals surface area contributed by atoms with E-state index in [2.05, 4.69) is 27.1 Å². The molecule has 0 unspecified atom stereocenters. The fraction of sp³-hybridized carbons (Fsp3) is 0.294. The number of hydrogen-bond donors (Lipinski definition) is 1. The Morgan fingerprint density at radius 3 is 2.73 bits per heavy atom. The second-order valence-corrected chi connectivity index (χ2v) is 7.08. The lowest BCUT2D eigenvalue weighted by Crippen LogP contribution is -2.12. The van der Waals surface area contributed by atoms with Crippen molar-refractivity contribution >= 4 is 39.7 Å². The fourth-order valence-corrected chi connectivity index (χ4v) is 3.73. The summed E-state index contributed by atoms with van der Waals surface area (Å²) in [7, 11) is 5.80. The summed E-state index contributed by atoms with van der Waals surface area (Å²) in [4.78, 5) is 24.7. The number of hydrogen-bond acceptors (Lipinski definition) is 8. The van der Waals surface area contributed by atoms with Gasteiger partial charge in [0.25, 0.3) is 5.69 Å². The van der Waals surface area contributed by atoms with Gasteiger partial charge in [-0.2, -0.15) is 0 Å². The number of nitrogens with zero attached hydrogens (tertiary/aromatic N) is 5. The first-order valence-electron chi connectivity index (χ1n) is 7.98. The molecule has 0 saturated heterocycles. The molecule has 1 N–H and O–H groups in total. The normalized spacial score (nSPS) is 13.9. The summed E-state index contributed by atoms with van der Waals surface area (Å²) in [6.45, 7) is 2.06. The molecular formula is C17H20N6O2S. The highest BCUT2D eigenvalue weighted by Crippen LogP contribution is 2.38. The van der Waals surface area contributed by atoms with Gasteiger partial charge in [0, 0.05) is 45.2 Å². The molecule has 1 aliphatic rings. The Morgan fingerprint density at radius 1 is 1.35 bits per heavy atom. The Labute approximate surface area is 156 Å². The van der Waals surface area contributed by atoms with Crippen LogP contribution in [0.2, 0.25) is 0 Å². The number of aromatic nitrogens is 2. The van der Waals surface area contributed by atoms with Crippen LogP contribution in [0.3, 0.4) is 0 Å². The molecule has 0 atom stereocenters. The molecule has 1 aliphatic heterocycles. The molecule has 8 nitrogen and oxygen atoms in total. The number of benzene rings is 1. The second-order valence-electron chi connectivity index (χ2n) is 6.13. The number of nitro groups is 1. The van der Waals surface area contributed by atoms with Crippen LogP contribution in [0.15, 0.2) is 36.2 Å². The third kappa shape index (κ3) is 3.57. The highest BCUT2D eigenvalue weighted by Gasteiger charge is 2.20. The molecule has 0 fully saturated rings. The van der Waals surface area contributed by atoms with Gasteiger partial charge in [0.2, 0.25) is 5.95 Å². The Kier molecular flexibility index (Phi) is 4.99. The standard InChI is InChI=1S/C17H20N6O2S/c1-11-16(26-10-22(11)4)13-7-8-18-17(19-13)20-14-9-12(23(24)25)5-6-15(14)21(2)3/h5-9H,10H2,1-4H3,(H,18,19,20). The zero-order chi connectivity index (χ0) is 18.8. The molecule has 9 heteroatoms. The molecule has 1 aromatic carbocycles. The molecule has 0 radical (unpaired) electrons. The molecule has 2 heterocycles. The maximum absolute atomic E-state index is 11.1. The molecule has 0 bridgehead atoms. The van der Waals surface area contributed by atoms with Crippen molar-refractivity contribution in [3.8, 4) is 0 Å². The summed E-state index contributed by atoms with van der Waals surface area (Å²) in [5.74, 6) is 1.30. The first-order chi connectivity index (χ1) is 12.4. The lowest BCUT2D eigenvalue weighted by atomic mass is 10.2. The van der Waals surface area contributed by atoms with E-state index in [1.165, 1.54) is 17.8 Å². The predicted octanol–water partition coefficient (Wildman–Crippen LogP) is 3.52. The highest BCUT2D eigenvalue weighted by atomic mass is 32.2. The van der Waals surface area contributed by atoms with Gasteiger partial charge in [0.15, 0.2) is 0 Å². The zero-order valence-corrected chi connectivity index (χ0v) is 15.9. The maximum atomic E-state index is 11.1. The Hall–Kier alpha value is -2.81. The van der Waals surface area contributed by atoms with Gasteiger partial charge in [-0.15, -0.1) is 11.8 Å². The van der Waals surface area contributed by atoms with E-state index >= 15 is 0 Å². The van der Waals surface area contributed by atoms with E-state index in [0.29, 0.717) is 11.6 Å². The van der Waals surface area contributed by atoms with Gasteiger partial charge in [0.05, 0.1) is 32.8 Å². The highest BCUT2D eigenvalue weighted by molar-refractivity contribution is 8.08. The van der Waals surface area contributed by atoms with Crippen molar-refractivity contribution < 1.29 is 4.92 Å². The minimum Gasteiger partial charge on any atom is -0.376 e. The van der Waals surface area contributed by atoms with Crippen LogP contribution in [0.25, 0.3) is 4.91 Å². The lowest BCUT2D eigenvalue weighted by Gasteiger charge is -2.18. The van der Waals surface area contributed by atoms with Gasteiger partial charge in [0.1, 0.15) is 0 Å². The smallest absolute Gasteiger partial charge is 0.271 e. The van der Waals surface area contributed by atoms with Crippen LogP contribution in [0.5, 0.6) is 0 Å². The molecule has 0 aliphatic carbocycles. The lowest BCUT2D eigenvalue weighted by molar-refractivity contribution is -0.384. The van der Waals surface area contributed by atoms with E-state index in [9.17, 15) is 10.1 Å². The molecule has 1 aromatic heterocycles. The van der Waals surface area contributed by atoms with Crippen molar-refractivity contribution in [2.24, 2.45) is 0 Å². The summed E-state index contributed by atoms with van der Waals surface area (Å²) < 4.78 is 0. The molecule has 0 spiro atoms. The van der Waals surface area contributed by atoms with Gasteiger partial charge in [-0.05, 0) is 19.1 Å². The summed E-state index contributed by atoms with van der Waals surface area (Å²) >= 11 is 1.73. The monoisotopic (exact) mass is 372 g/mol. The first-order valence-corrected chi connectivity index (χ1v) is 8.96. The Bertz CT molecular complexity index is 883. The van der Waals surface area contributed by atoms with Crippen molar-refractivity contribution in [2.75, 3.05) is 37.2 Å². The van der Waals surface area contributed by atoms with Crippen LogP contribution in [0, 0.1) is 10.1 Å². The van der Waals surface area contributed by atoms with Crippen molar-refractivity contribution in [3.63, 3.8) is 0 Å². The number of non-ortho nitro benzene ring substituents is 1. The summed E-state index contributed by atoms with van der Waals surface area (Å²) in [5, 5.41) is 14.2. The van der Waals surface area contributed by atoms with Gasteiger partial charge >= 0.3 is 0 Å². The molecular weight excluding hydrogens is 352 g/mol. The molecule has 2 aromatic rings. The van der Waals surface area contributed by atoms with E-state index in [0.717, 1.165) is 22.2 Å². The number of nitro benzene ring substituents is 1. The summed E-state index contributed by atoms with van der Waals surface area (Å²) in [5.41, 5.74) is 3.43. The van der Waals surface area contributed by atoms with E-state index in [-0.39, 0.29) is 5.69 Å². The van der Waals surface area contributed by atoms with Crippen LogP contribution < -0.4 is 10.2 Å². The number of allylic oxidation sites excluding steroid dienone is 1. The van der Waals surface area contributed by atoms with Crippen LogP contribution in [0.1, 0.15) is 12.6 Å². The van der Waals surface area contributed by atoms with Crippen LogP contribution in [-0.2, 0) is 0 Å². The second kappa shape index (κ2) is 7.20. The molecule has 136 valence electrons. The van der Waals surface area contributed by atoms with Crippen molar-refractivity contribution in [2.45, 2.75) is 6.92 Å². The van der Waals surface area contributed by atoms with Crippen LogP contribution >= 0.6 is 11.8 Å². The molecule has 26 heavy (non-hydrogen) atoms.